The molecule has 0 bridgehead atoms. The van der Waals surface area contributed by atoms with E-state index >= 15 is 0 Å². The largest absolute Gasteiger partial charge is 0.497 e. The lowest BCUT2D eigenvalue weighted by molar-refractivity contribution is -0.142. The maximum atomic E-state index is 13.2. The predicted octanol–water partition coefficient (Wildman–Crippen LogP) is 5.08. The Labute approximate surface area is 205 Å². The van der Waals surface area contributed by atoms with E-state index in [2.05, 4.69) is 42.0 Å². The van der Waals surface area contributed by atoms with Crippen molar-refractivity contribution in [3.05, 3.63) is 58.1 Å². The Kier molecular flexibility index (Phi) is 9.77. The number of carbonyl (C=O) groups excluding carboxylic acids is 2. The highest BCUT2D eigenvalue weighted by atomic mass is 79.9. The number of rotatable bonds is 10. The van der Waals surface area contributed by atoms with Crippen molar-refractivity contribution >= 4 is 27.7 Å². The molecule has 0 unspecified atom stereocenters. The topological polar surface area (TPSA) is 67.9 Å². The van der Waals surface area contributed by atoms with E-state index in [9.17, 15) is 9.59 Å². The summed E-state index contributed by atoms with van der Waals surface area (Å²) in [4.78, 5) is 27.4. The third kappa shape index (κ3) is 7.77. The van der Waals surface area contributed by atoms with E-state index in [1.807, 2.05) is 49.4 Å². The number of methoxy groups -OCH3 is 1. The van der Waals surface area contributed by atoms with Crippen LogP contribution in [0.25, 0.3) is 0 Å². The van der Waals surface area contributed by atoms with Gasteiger partial charge in [0.1, 0.15) is 17.5 Å². The average molecular weight is 519 g/mol. The second-order valence-electron chi connectivity index (χ2n) is 9.02. The van der Waals surface area contributed by atoms with E-state index in [4.69, 9.17) is 9.47 Å². The Morgan fingerprint density at radius 3 is 2.33 bits per heavy atom. The summed E-state index contributed by atoms with van der Waals surface area (Å²) >= 11 is 3.55. The molecule has 0 aromatic heterocycles. The summed E-state index contributed by atoms with van der Waals surface area (Å²) in [6.07, 6.45) is 0.826. The number of halogens is 1. The van der Waals surface area contributed by atoms with Crippen LogP contribution in [0.2, 0.25) is 0 Å². The van der Waals surface area contributed by atoms with E-state index in [-0.39, 0.29) is 30.4 Å². The van der Waals surface area contributed by atoms with Gasteiger partial charge in [-0.3, -0.25) is 9.59 Å². The van der Waals surface area contributed by atoms with Crippen LogP contribution in [0, 0.1) is 0 Å². The van der Waals surface area contributed by atoms with Crippen molar-refractivity contribution in [3.8, 4) is 11.5 Å². The molecule has 0 aliphatic rings. The van der Waals surface area contributed by atoms with Gasteiger partial charge in [-0.1, -0.05) is 45.9 Å². The zero-order valence-corrected chi connectivity index (χ0v) is 22.0. The fourth-order valence-corrected chi connectivity index (χ4v) is 3.71. The molecule has 0 aliphatic heterocycles. The molecule has 2 aromatic rings. The third-order valence-corrected chi connectivity index (χ3v) is 6.00. The Morgan fingerprint density at radius 1 is 1.12 bits per heavy atom. The molecule has 0 spiro atoms. The fraction of sp³-hybridized carbons (Fsp3) is 0.462. The highest BCUT2D eigenvalue weighted by Crippen LogP contribution is 2.31. The Hall–Kier alpha value is -2.54. The standard InChI is InChI=1S/C26H35BrN2O4/c1-7-14-28-25(31)18(2)29(16-19-8-11-21(32-6)12-9-19)24(30)17-33-23-13-10-20(15-22(23)27)26(3,4)5/h8-13,15,18H,7,14,16-17H2,1-6H3,(H,28,31)/t18-/m1/s1. The van der Waals surface area contributed by atoms with E-state index < -0.39 is 6.04 Å². The van der Waals surface area contributed by atoms with E-state index in [1.54, 1.807) is 18.9 Å². The molecule has 1 atom stereocenters. The van der Waals surface area contributed by atoms with Crippen LogP contribution < -0.4 is 14.8 Å². The summed E-state index contributed by atoms with van der Waals surface area (Å²) in [5, 5.41) is 2.87. The molecule has 1 N–H and O–H groups in total. The molecule has 0 radical (unpaired) electrons. The quantitative estimate of drug-likeness (QED) is 0.476. The van der Waals surface area contributed by atoms with Crippen molar-refractivity contribution < 1.29 is 19.1 Å². The van der Waals surface area contributed by atoms with Crippen LogP contribution in [-0.2, 0) is 21.5 Å². The van der Waals surface area contributed by atoms with Crippen LogP contribution in [0.5, 0.6) is 11.5 Å². The molecule has 0 fully saturated rings. The van der Waals surface area contributed by atoms with Crippen molar-refractivity contribution in [2.45, 2.75) is 59.0 Å². The van der Waals surface area contributed by atoms with Crippen molar-refractivity contribution in [2.75, 3.05) is 20.3 Å². The molecule has 33 heavy (non-hydrogen) atoms. The lowest BCUT2D eigenvalue weighted by Gasteiger charge is -2.29. The van der Waals surface area contributed by atoms with Crippen LogP contribution in [0.15, 0.2) is 46.9 Å². The van der Waals surface area contributed by atoms with Gasteiger partial charge in [0.05, 0.1) is 11.6 Å². The lowest BCUT2D eigenvalue weighted by Crippen LogP contribution is -2.49. The zero-order chi connectivity index (χ0) is 24.6. The third-order valence-electron chi connectivity index (χ3n) is 5.38. The molecule has 180 valence electrons. The molecule has 6 nitrogen and oxygen atoms in total. The number of hydrogen-bond acceptors (Lipinski definition) is 4. The van der Waals surface area contributed by atoms with Crippen molar-refractivity contribution in [2.24, 2.45) is 0 Å². The molecule has 0 aliphatic carbocycles. The Balaban J connectivity index is 2.17. The molecule has 0 saturated heterocycles. The molecule has 7 heteroatoms. The minimum atomic E-state index is -0.638. The number of benzene rings is 2. The minimum absolute atomic E-state index is 0.00726. The van der Waals surface area contributed by atoms with Gasteiger partial charge in [-0.2, -0.15) is 0 Å². The molecule has 0 heterocycles. The van der Waals surface area contributed by atoms with E-state index in [1.165, 1.54) is 0 Å². The van der Waals surface area contributed by atoms with Gasteiger partial charge in [-0.15, -0.1) is 0 Å². The zero-order valence-electron chi connectivity index (χ0n) is 20.4. The highest BCUT2D eigenvalue weighted by molar-refractivity contribution is 9.10. The van der Waals surface area contributed by atoms with Crippen molar-refractivity contribution in [1.82, 2.24) is 10.2 Å². The van der Waals surface area contributed by atoms with Crippen molar-refractivity contribution in [1.29, 1.82) is 0 Å². The maximum Gasteiger partial charge on any atom is 0.261 e. The molecule has 2 rings (SSSR count). The van der Waals surface area contributed by atoms with Crippen LogP contribution in [-0.4, -0.2) is 43.0 Å². The van der Waals surface area contributed by atoms with Gasteiger partial charge in [0, 0.05) is 13.1 Å². The molecular formula is C26H35BrN2O4. The summed E-state index contributed by atoms with van der Waals surface area (Å²) in [5.41, 5.74) is 2.07. The molecular weight excluding hydrogens is 484 g/mol. The number of carbonyl (C=O) groups is 2. The fourth-order valence-electron chi connectivity index (χ4n) is 3.21. The first-order chi connectivity index (χ1) is 15.6. The van der Waals surface area contributed by atoms with Gasteiger partial charge < -0.3 is 19.7 Å². The van der Waals surface area contributed by atoms with Gasteiger partial charge in [-0.25, -0.2) is 0 Å². The van der Waals surface area contributed by atoms with Gasteiger partial charge >= 0.3 is 0 Å². The molecule has 2 amide bonds. The second-order valence-corrected chi connectivity index (χ2v) is 9.87. The van der Waals surface area contributed by atoms with E-state index in [0.717, 1.165) is 27.8 Å². The van der Waals surface area contributed by atoms with E-state index in [0.29, 0.717) is 12.3 Å². The van der Waals surface area contributed by atoms with Gasteiger partial charge in [-0.05, 0) is 70.1 Å². The SMILES string of the molecule is CCCNC(=O)[C@@H](C)N(Cc1ccc(OC)cc1)C(=O)COc1ccc(C(C)(C)C)cc1Br. The first kappa shape index (κ1) is 26.7. The number of hydrogen-bond donors (Lipinski definition) is 1. The normalized spacial score (nSPS) is 12.1. The van der Waals surface area contributed by atoms with Crippen molar-refractivity contribution in [3.63, 3.8) is 0 Å². The summed E-state index contributed by atoms with van der Waals surface area (Å²) in [5.74, 6) is 0.868. The van der Waals surface area contributed by atoms with Crippen LogP contribution in [0.3, 0.4) is 0 Å². The summed E-state index contributed by atoms with van der Waals surface area (Å²) in [7, 11) is 1.61. The number of amides is 2. The summed E-state index contributed by atoms with van der Waals surface area (Å²) < 4.78 is 11.8. The molecule has 0 saturated carbocycles. The first-order valence-electron chi connectivity index (χ1n) is 11.2. The first-order valence-corrected chi connectivity index (χ1v) is 12.0. The summed E-state index contributed by atoms with van der Waals surface area (Å²) in [6.45, 7) is 10.8. The van der Waals surface area contributed by atoms with Crippen LogP contribution in [0.4, 0.5) is 0 Å². The maximum absolute atomic E-state index is 13.2. The smallest absolute Gasteiger partial charge is 0.261 e. The number of ether oxygens (including phenoxy) is 2. The van der Waals surface area contributed by atoms with Crippen LogP contribution in [0.1, 0.15) is 52.2 Å². The number of nitrogens with one attached hydrogen (secondary N) is 1. The predicted molar refractivity (Wildman–Crippen MR) is 135 cm³/mol. The Bertz CT molecular complexity index is 938. The Morgan fingerprint density at radius 2 is 1.79 bits per heavy atom. The lowest BCUT2D eigenvalue weighted by atomic mass is 9.87. The van der Waals surface area contributed by atoms with Crippen LogP contribution >= 0.6 is 15.9 Å². The van der Waals surface area contributed by atoms with Gasteiger partial charge in [0.25, 0.3) is 5.91 Å². The van der Waals surface area contributed by atoms with Gasteiger partial charge in [0.2, 0.25) is 5.91 Å². The minimum Gasteiger partial charge on any atom is -0.497 e. The second kappa shape index (κ2) is 12.1. The number of nitrogens with zero attached hydrogens (tertiary/aromatic N) is 1. The summed E-state index contributed by atoms with van der Waals surface area (Å²) in [6, 6.07) is 12.7. The monoisotopic (exact) mass is 518 g/mol. The highest BCUT2D eigenvalue weighted by Gasteiger charge is 2.26. The van der Waals surface area contributed by atoms with Gasteiger partial charge in [0.15, 0.2) is 6.61 Å². The molecule has 2 aromatic carbocycles. The average Bonchev–Trinajstić information content (AvgIpc) is 2.79.